The third-order valence-electron chi connectivity index (χ3n) is 2.83. The quantitative estimate of drug-likeness (QED) is 0.662. The van der Waals surface area contributed by atoms with Gasteiger partial charge in [-0.25, -0.2) is 0 Å². The normalized spacial score (nSPS) is 20.3. The second-order valence-corrected chi connectivity index (χ2v) is 3.83. The molecule has 0 spiro atoms. The van der Waals surface area contributed by atoms with E-state index in [2.05, 4.69) is 4.90 Å². The minimum atomic E-state index is -0.328. The largest absolute Gasteiger partial charge is 0.372 e. The van der Waals surface area contributed by atoms with Crippen molar-refractivity contribution in [2.45, 2.75) is 13.0 Å². The van der Waals surface area contributed by atoms with Gasteiger partial charge < -0.3 is 15.4 Å². The third kappa shape index (κ3) is 3.44. The van der Waals surface area contributed by atoms with Gasteiger partial charge in [0, 0.05) is 46.4 Å². The Bertz CT molecular complexity index is 203. The molecule has 1 saturated heterocycles. The Morgan fingerprint density at radius 1 is 1.40 bits per heavy atom. The van der Waals surface area contributed by atoms with Crippen molar-refractivity contribution in [1.82, 2.24) is 9.80 Å². The number of nitrogens with zero attached hydrogens (tertiary/aromatic N) is 2. The molecule has 0 saturated carbocycles. The summed E-state index contributed by atoms with van der Waals surface area (Å²) < 4.78 is 5.01. The predicted molar refractivity (Wildman–Crippen MR) is 58.5 cm³/mol. The van der Waals surface area contributed by atoms with Gasteiger partial charge >= 0.3 is 0 Å². The summed E-state index contributed by atoms with van der Waals surface area (Å²) in [5, 5.41) is 0. The molecule has 1 atom stereocenters. The van der Waals surface area contributed by atoms with Crippen LogP contribution in [0, 0.1) is 0 Å². The first-order valence-corrected chi connectivity index (χ1v) is 5.43. The van der Waals surface area contributed by atoms with Crippen LogP contribution in [0.1, 0.15) is 6.92 Å². The fraction of sp³-hybridized carbons (Fsp3) is 0.900. The Kier molecular flexibility index (Phi) is 5.01. The Balaban J connectivity index is 2.33. The molecule has 0 bridgehead atoms. The van der Waals surface area contributed by atoms with Gasteiger partial charge in [-0.1, -0.05) is 0 Å². The Morgan fingerprint density at radius 2 is 2.00 bits per heavy atom. The Morgan fingerprint density at radius 3 is 2.47 bits per heavy atom. The molecule has 0 aromatic carbocycles. The van der Waals surface area contributed by atoms with Gasteiger partial charge in [0.1, 0.15) is 6.10 Å². The maximum Gasteiger partial charge on any atom is 0.251 e. The molecule has 2 N–H and O–H groups in total. The number of amides is 1. The molecule has 1 aliphatic rings. The zero-order valence-electron chi connectivity index (χ0n) is 9.61. The zero-order valence-corrected chi connectivity index (χ0v) is 9.61. The molecular formula is C10H21N3O2. The molecule has 0 aromatic heterocycles. The van der Waals surface area contributed by atoms with Crippen molar-refractivity contribution in [1.29, 1.82) is 0 Å². The van der Waals surface area contributed by atoms with Gasteiger partial charge in [-0.3, -0.25) is 9.69 Å². The average Bonchev–Trinajstić information content (AvgIpc) is 2.28. The second-order valence-electron chi connectivity index (χ2n) is 3.83. The van der Waals surface area contributed by atoms with E-state index in [0.717, 1.165) is 32.7 Å². The van der Waals surface area contributed by atoms with E-state index in [4.69, 9.17) is 10.5 Å². The molecule has 1 aliphatic heterocycles. The number of carbonyl (C=O) groups is 1. The van der Waals surface area contributed by atoms with Crippen LogP contribution in [-0.2, 0) is 9.53 Å². The molecule has 0 radical (unpaired) electrons. The van der Waals surface area contributed by atoms with Crippen LogP contribution in [0.15, 0.2) is 0 Å². The third-order valence-corrected chi connectivity index (χ3v) is 2.83. The molecular weight excluding hydrogens is 194 g/mol. The number of ether oxygens (including phenoxy) is 1. The zero-order chi connectivity index (χ0) is 11.3. The summed E-state index contributed by atoms with van der Waals surface area (Å²) >= 11 is 0. The van der Waals surface area contributed by atoms with Crippen LogP contribution in [0.3, 0.4) is 0 Å². The topological polar surface area (TPSA) is 58.8 Å². The van der Waals surface area contributed by atoms with Crippen molar-refractivity contribution < 1.29 is 9.53 Å². The lowest BCUT2D eigenvalue weighted by Gasteiger charge is -2.35. The van der Waals surface area contributed by atoms with Gasteiger partial charge in [0.05, 0.1) is 0 Å². The van der Waals surface area contributed by atoms with Crippen molar-refractivity contribution >= 4 is 5.91 Å². The van der Waals surface area contributed by atoms with Crippen molar-refractivity contribution in [2.24, 2.45) is 5.73 Å². The minimum absolute atomic E-state index is 0.0879. The fourth-order valence-electron chi connectivity index (χ4n) is 1.73. The maximum absolute atomic E-state index is 11.8. The summed E-state index contributed by atoms with van der Waals surface area (Å²) in [7, 11) is 1.56. The first kappa shape index (κ1) is 12.4. The molecule has 1 fully saturated rings. The number of hydrogen-bond donors (Lipinski definition) is 1. The number of piperazine rings is 1. The number of hydrogen-bond acceptors (Lipinski definition) is 4. The van der Waals surface area contributed by atoms with Crippen LogP contribution in [0.2, 0.25) is 0 Å². The smallest absolute Gasteiger partial charge is 0.251 e. The van der Waals surface area contributed by atoms with Crippen LogP contribution in [-0.4, -0.2) is 68.2 Å². The predicted octanol–water partition coefficient (Wildman–Crippen LogP) is -0.876. The van der Waals surface area contributed by atoms with Crippen LogP contribution in [0.5, 0.6) is 0 Å². The summed E-state index contributed by atoms with van der Waals surface area (Å²) in [4.78, 5) is 15.9. The van der Waals surface area contributed by atoms with E-state index < -0.39 is 0 Å². The molecule has 0 aliphatic carbocycles. The van der Waals surface area contributed by atoms with Gasteiger partial charge in [0.25, 0.3) is 5.91 Å². The lowest BCUT2D eigenvalue weighted by molar-refractivity contribution is -0.142. The molecule has 88 valence electrons. The average molecular weight is 215 g/mol. The minimum Gasteiger partial charge on any atom is -0.372 e. The van der Waals surface area contributed by atoms with E-state index in [1.54, 1.807) is 14.0 Å². The van der Waals surface area contributed by atoms with Gasteiger partial charge in [0.2, 0.25) is 0 Å². The van der Waals surface area contributed by atoms with Crippen molar-refractivity contribution in [3.05, 3.63) is 0 Å². The number of rotatable bonds is 4. The highest BCUT2D eigenvalue weighted by Crippen LogP contribution is 2.04. The van der Waals surface area contributed by atoms with Gasteiger partial charge in [-0.2, -0.15) is 0 Å². The monoisotopic (exact) mass is 215 g/mol. The molecule has 0 aromatic rings. The van der Waals surface area contributed by atoms with Crippen LogP contribution < -0.4 is 5.73 Å². The number of carbonyl (C=O) groups excluding carboxylic acids is 1. The SMILES string of the molecule is COC(C)C(=O)N1CCN(CCN)CC1. The van der Waals surface area contributed by atoms with Crippen LogP contribution in [0.4, 0.5) is 0 Å². The van der Waals surface area contributed by atoms with E-state index >= 15 is 0 Å². The summed E-state index contributed by atoms with van der Waals surface area (Å²) in [6, 6.07) is 0. The maximum atomic E-state index is 11.8. The molecule has 5 nitrogen and oxygen atoms in total. The molecule has 1 heterocycles. The summed E-state index contributed by atoms with van der Waals surface area (Å²) in [6.45, 7) is 6.79. The van der Waals surface area contributed by atoms with Gasteiger partial charge in [-0.05, 0) is 6.92 Å². The molecule has 1 unspecified atom stereocenters. The van der Waals surface area contributed by atoms with Gasteiger partial charge in [0.15, 0.2) is 0 Å². The van der Waals surface area contributed by atoms with E-state index in [-0.39, 0.29) is 12.0 Å². The summed E-state index contributed by atoms with van der Waals surface area (Å²) in [5.74, 6) is 0.0879. The molecule has 1 rings (SSSR count). The lowest BCUT2D eigenvalue weighted by Crippen LogP contribution is -2.52. The van der Waals surface area contributed by atoms with Crippen molar-refractivity contribution in [2.75, 3.05) is 46.4 Å². The van der Waals surface area contributed by atoms with E-state index in [1.165, 1.54) is 0 Å². The number of methoxy groups -OCH3 is 1. The standard InChI is InChI=1S/C10H21N3O2/c1-9(15-2)10(14)13-7-5-12(4-3-11)6-8-13/h9H,3-8,11H2,1-2H3. The first-order chi connectivity index (χ1) is 7.19. The van der Waals surface area contributed by atoms with Gasteiger partial charge in [-0.15, -0.1) is 0 Å². The highest BCUT2D eigenvalue weighted by molar-refractivity contribution is 5.80. The lowest BCUT2D eigenvalue weighted by atomic mass is 10.2. The van der Waals surface area contributed by atoms with E-state index in [1.807, 2.05) is 4.90 Å². The van der Waals surface area contributed by atoms with E-state index in [0.29, 0.717) is 6.54 Å². The molecule has 15 heavy (non-hydrogen) atoms. The van der Waals surface area contributed by atoms with Crippen LogP contribution >= 0.6 is 0 Å². The fourth-order valence-corrected chi connectivity index (χ4v) is 1.73. The first-order valence-electron chi connectivity index (χ1n) is 5.43. The molecule has 5 heteroatoms. The number of nitrogens with two attached hydrogens (primary N) is 1. The Hall–Kier alpha value is -0.650. The summed E-state index contributed by atoms with van der Waals surface area (Å²) in [6.07, 6.45) is -0.328. The van der Waals surface area contributed by atoms with E-state index in [9.17, 15) is 4.79 Å². The van der Waals surface area contributed by atoms with Crippen LogP contribution in [0.25, 0.3) is 0 Å². The van der Waals surface area contributed by atoms with Crippen molar-refractivity contribution in [3.63, 3.8) is 0 Å². The highest BCUT2D eigenvalue weighted by Gasteiger charge is 2.24. The summed E-state index contributed by atoms with van der Waals surface area (Å²) in [5.41, 5.74) is 5.48. The second kappa shape index (κ2) is 6.05. The molecule has 1 amide bonds. The highest BCUT2D eigenvalue weighted by atomic mass is 16.5. The Labute approximate surface area is 91.2 Å². The van der Waals surface area contributed by atoms with Crippen molar-refractivity contribution in [3.8, 4) is 0 Å².